The molecule has 0 spiro atoms. The number of nitrogens with two attached hydrogens (primary N) is 1. The molecule has 0 fully saturated rings. The zero-order valence-corrected chi connectivity index (χ0v) is 14.6. The molecule has 0 saturated carbocycles. The predicted molar refractivity (Wildman–Crippen MR) is 98.4 cm³/mol. The van der Waals surface area contributed by atoms with Gasteiger partial charge in [0.2, 0.25) is 0 Å². The van der Waals surface area contributed by atoms with Gasteiger partial charge in [0.05, 0.1) is 11.2 Å². The summed E-state index contributed by atoms with van der Waals surface area (Å²) in [5.41, 5.74) is 6.84. The SMILES string of the molecule is CCN(CC)CCNC(=O)c1c(N)c2ccccc2n(CC)c1=O. The second-order valence-electron chi connectivity index (χ2n) is 5.64. The molecule has 0 atom stereocenters. The maximum atomic E-state index is 12.7. The fraction of sp³-hybridized carbons (Fsp3) is 0.444. The Morgan fingerprint density at radius 1 is 1.21 bits per heavy atom. The molecule has 0 aliphatic carbocycles. The average molecular weight is 330 g/mol. The summed E-state index contributed by atoms with van der Waals surface area (Å²) < 4.78 is 1.59. The van der Waals surface area contributed by atoms with Crippen LogP contribution in [-0.4, -0.2) is 41.6 Å². The number of nitrogen functional groups attached to an aromatic ring is 1. The Morgan fingerprint density at radius 3 is 2.50 bits per heavy atom. The lowest BCUT2D eigenvalue weighted by Gasteiger charge is -2.18. The normalized spacial score (nSPS) is 11.2. The maximum Gasteiger partial charge on any atom is 0.266 e. The molecule has 0 radical (unpaired) electrons. The number of benzene rings is 1. The Morgan fingerprint density at radius 2 is 1.88 bits per heavy atom. The highest BCUT2D eigenvalue weighted by molar-refractivity contribution is 6.06. The number of nitrogens with zero attached hydrogens (tertiary/aromatic N) is 2. The van der Waals surface area contributed by atoms with E-state index in [9.17, 15) is 9.59 Å². The molecule has 24 heavy (non-hydrogen) atoms. The van der Waals surface area contributed by atoms with Gasteiger partial charge in [0.1, 0.15) is 5.56 Å². The molecular formula is C18H26N4O2. The maximum absolute atomic E-state index is 12.7. The summed E-state index contributed by atoms with van der Waals surface area (Å²) in [5.74, 6) is -0.405. The quantitative estimate of drug-likeness (QED) is 0.809. The Balaban J connectivity index is 2.34. The number of amides is 1. The first kappa shape index (κ1) is 18.0. The number of pyridine rings is 1. The lowest BCUT2D eigenvalue weighted by Crippen LogP contribution is -2.38. The van der Waals surface area contributed by atoms with Crippen molar-refractivity contribution in [1.82, 2.24) is 14.8 Å². The van der Waals surface area contributed by atoms with E-state index in [1.165, 1.54) is 0 Å². The van der Waals surface area contributed by atoms with Crippen molar-refractivity contribution in [2.45, 2.75) is 27.3 Å². The fourth-order valence-corrected chi connectivity index (χ4v) is 2.92. The van der Waals surface area contributed by atoms with Crippen LogP contribution in [0, 0.1) is 0 Å². The highest BCUT2D eigenvalue weighted by atomic mass is 16.2. The largest absolute Gasteiger partial charge is 0.397 e. The molecule has 3 N–H and O–H groups in total. The van der Waals surface area contributed by atoms with E-state index in [1.807, 2.05) is 31.2 Å². The number of fused-ring (bicyclic) bond motifs is 1. The van der Waals surface area contributed by atoms with Crippen LogP contribution in [0.5, 0.6) is 0 Å². The third-order valence-corrected chi connectivity index (χ3v) is 4.36. The van der Waals surface area contributed by atoms with Crippen LogP contribution in [-0.2, 0) is 6.54 Å². The third-order valence-electron chi connectivity index (χ3n) is 4.36. The molecule has 1 heterocycles. The minimum atomic E-state index is -0.405. The van der Waals surface area contributed by atoms with E-state index < -0.39 is 5.91 Å². The number of carbonyl (C=O) groups excluding carboxylic acids is 1. The minimum absolute atomic E-state index is 0.0371. The van der Waals surface area contributed by atoms with Crippen LogP contribution < -0.4 is 16.6 Å². The van der Waals surface area contributed by atoms with Crippen LogP contribution in [0.1, 0.15) is 31.1 Å². The smallest absolute Gasteiger partial charge is 0.266 e. The third kappa shape index (κ3) is 3.43. The number of anilines is 1. The van der Waals surface area contributed by atoms with Crippen molar-refractivity contribution < 1.29 is 4.79 Å². The molecule has 1 amide bonds. The molecule has 6 heteroatoms. The van der Waals surface area contributed by atoms with Gasteiger partial charge >= 0.3 is 0 Å². The number of nitrogens with one attached hydrogen (secondary N) is 1. The van der Waals surface area contributed by atoms with Gasteiger partial charge in [-0.3, -0.25) is 9.59 Å². The summed E-state index contributed by atoms with van der Waals surface area (Å²) in [6.45, 7) is 9.59. The Kier molecular flexibility index (Phi) is 5.98. The number of rotatable bonds is 7. The molecule has 2 aromatic rings. The first-order valence-electron chi connectivity index (χ1n) is 8.46. The summed E-state index contributed by atoms with van der Waals surface area (Å²) >= 11 is 0. The van der Waals surface area contributed by atoms with Crippen molar-refractivity contribution in [2.24, 2.45) is 0 Å². The first-order chi connectivity index (χ1) is 11.5. The molecule has 0 aliphatic heterocycles. The van der Waals surface area contributed by atoms with Gasteiger partial charge in [-0.05, 0) is 26.1 Å². The lowest BCUT2D eigenvalue weighted by molar-refractivity contribution is 0.0948. The standard InChI is InChI=1S/C18H26N4O2/c1-4-21(5-2)12-11-20-17(23)15-16(19)13-9-7-8-10-14(13)22(6-3)18(15)24/h7-10H,4-6,11-12,19H2,1-3H3,(H,20,23). The number of aryl methyl sites for hydroxylation is 1. The number of hydrogen-bond acceptors (Lipinski definition) is 4. The number of hydrogen-bond donors (Lipinski definition) is 2. The van der Waals surface area contributed by atoms with E-state index >= 15 is 0 Å². The number of carbonyl (C=O) groups is 1. The summed E-state index contributed by atoms with van der Waals surface area (Å²) in [5, 5.41) is 3.55. The van der Waals surface area contributed by atoms with E-state index in [0.29, 0.717) is 13.1 Å². The van der Waals surface area contributed by atoms with Gasteiger partial charge in [-0.2, -0.15) is 0 Å². The predicted octanol–water partition coefficient (Wildman–Crippen LogP) is 1.68. The van der Waals surface area contributed by atoms with Crippen LogP contribution >= 0.6 is 0 Å². The van der Waals surface area contributed by atoms with Crippen molar-refractivity contribution in [1.29, 1.82) is 0 Å². The highest BCUT2D eigenvalue weighted by Crippen LogP contribution is 2.22. The summed E-state index contributed by atoms with van der Waals surface area (Å²) in [6.07, 6.45) is 0. The Labute approximate surface area is 142 Å². The topological polar surface area (TPSA) is 80.4 Å². The van der Waals surface area contributed by atoms with Crippen LogP contribution in [0.2, 0.25) is 0 Å². The molecule has 0 saturated heterocycles. The van der Waals surface area contributed by atoms with E-state index in [4.69, 9.17) is 5.73 Å². The molecule has 1 aromatic carbocycles. The van der Waals surface area contributed by atoms with Gasteiger partial charge in [-0.15, -0.1) is 0 Å². The van der Waals surface area contributed by atoms with Gasteiger partial charge in [0.15, 0.2) is 0 Å². The number of para-hydroxylation sites is 1. The summed E-state index contributed by atoms with van der Waals surface area (Å²) in [4.78, 5) is 27.4. The molecule has 6 nitrogen and oxygen atoms in total. The minimum Gasteiger partial charge on any atom is -0.397 e. The van der Waals surface area contributed by atoms with Crippen molar-refractivity contribution in [2.75, 3.05) is 31.9 Å². The first-order valence-corrected chi connectivity index (χ1v) is 8.46. The van der Waals surface area contributed by atoms with Gasteiger partial charge in [-0.1, -0.05) is 32.0 Å². The monoisotopic (exact) mass is 330 g/mol. The average Bonchev–Trinajstić information content (AvgIpc) is 2.59. The Bertz CT molecular complexity index is 778. The van der Waals surface area contributed by atoms with Gasteiger partial charge in [0.25, 0.3) is 11.5 Å². The molecule has 1 aromatic heterocycles. The van der Waals surface area contributed by atoms with Crippen molar-refractivity contribution >= 4 is 22.5 Å². The van der Waals surface area contributed by atoms with E-state index in [-0.39, 0.29) is 16.8 Å². The summed E-state index contributed by atoms with van der Waals surface area (Å²) in [6, 6.07) is 7.39. The fourth-order valence-electron chi connectivity index (χ4n) is 2.92. The second-order valence-corrected chi connectivity index (χ2v) is 5.64. The van der Waals surface area contributed by atoms with E-state index in [1.54, 1.807) is 4.57 Å². The molecule has 0 aliphatic rings. The number of likely N-dealkylation sites (N-methyl/N-ethyl adjacent to an activating group) is 1. The van der Waals surface area contributed by atoms with Gasteiger partial charge in [0, 0.05) is 25.0 Å². The molecule has 0 bridgehead atoms. The van der Waals surface area contributed by atoms with Crippen LogP contribution in [0.15, 0.2) is 29.1 Å². The van der Waals surface area contributed by atoms with Crippen LogP contribution in [0.3, 0.4) is 0 Å². The highest BCUT2D eigenvalue weighted by Gasteiger charge is 2.19. The van der Waals surface area contributed by atoms with Gasteiger partial charge < -0.3 is 20.5 Å². The molecule has 0 unspecified atom stereocenters. The van der Waals surface area contributed by atoms with Crippen molar-refractivity contribution in [3.05, 3.63) is 40.2 Å². The van der Waals surface area contributed by atoms with E-state index in [2.05, 4.69) is 24.1 Å². The summed E-state index contributed by atoms with van der Waals surface area (Å²) in [7, 11) is 0. The molecule has 2 rings (SSSR count). The van der Waals surface area contributed by atoms with Gasteiger partial charge in [-0.25, -0.2) is 0 Å². The van der Waals surface area contributed by atoms with Crippen molar-refractivity contribution in [3.63, 3.8) is 0 Å². The lowest BCUT2D eigenvalue weighted by atomic mass is 10.1. The molecule has 130 valence electrons. The zero-order chi connectivity index (χ0) is 17.7. The van der Waals surface area contributed by atoms with E-state index in [0.717, 1.165) is 30.5 Å². The van der Waals surface area contributed by atoms with Crippen LogP contribution in [0.4, 0.5) is 5.69 Å². The van der Waals surface area contributed by atoms with Crippen molar-refractivity contribution in [3.8, 4) is 0 Å². The number of aromatic nitrogens is 1. The second kappa shape index (κ2) is 7.97. The Hall–Kier alpha value is -2.34. The zero-order valence-electron chi connectivity index (χ0n) is 14.6. The molecular weight excluding hydrogens is 304 g/mol. The van der Waals surface area contributed by atoms with Crippen LogP contribution in [0.25, 0.3) is 10.9 Å².